The van der Waals surface area contributed by atoms with Gasteiger partial charge in [-0.2, -0.15) is 8.78 Å². The molecule has 0 bridgehead atoms. The minimum atomic E-state index is -3.16. The first-order chi connectivity index (χ1) is 18.0. The smallest absolute Gasteiger partial charge is 0.287 e. The van der Waals surface area contributed by atoms with Crippen LogP contribution in [0.3, 0.4) is 0 Å². The zero-order valence-corrected chi connectivity index (χ0v) is 21.5. The number of nitrogens with zero attached hydrogens (tertiary/aromatic N) is 2. The van der Waals surface area contributed by atoms with Crippen molar-refractivity contribution < 1.29 is 27.8 Å². The molecular weight excluding hydrogens is 495 g/mol. The number of rotatable bonds is 5. The number of alkyl halides is 3. The predicted molar refractivity (Wildman–Crippen MR) is 140 cm³/mol. The second-order valence-corrected chi connectivity index (χ2v) is 10.2. The van der Waals surface area contributed by atoms with E-state index < -0.39 is 35.8 Å². The van der Waals surface area contributed by atoms with E-state index in [9.17, 15) is 18.7 Å². The molecular formula is C29H30F3N3O3. The maximum absolute atomic E-state index is 15.6. The molecule has 1 amide bonds. The molecule has 2 atom stereocenters. The van der Waals surface area contributed by atoms with Crippen molar-refractivity contribution in [3.63, 3.8) is 0 Å². The molecule has 3 heterocycles. The van der Waals surface area contributed by atoms with Crippen molar-refractivity contribution in [3.8, 4) is 11.1 Å². The van der Waals surface area contributed by atoms with Gasteiger partial charge in [-0.15, -0.1) is 0 Å². The first-order valence-electron chi connectivity index (χ1n) is 12.6. The van der Waals surface area contributed by atoms with Crippen LogP contribution < -0.4 is 10.2 Å². The summed E-state index contributed by atoms with van der Waals surface area (Å²) < 4.78 is 48.9. The Morgan fingerprint density at radius 3 is 2.76 bits per heavy atom. The van der Waals surface area contributed by atoms with Crippen LogP contribution >= 0.6 is 0 Å². The summed E-state index contributed by atoms with van der Waals surface area (Å²) in [5.74, 6) is -3.67. The quantitative estimate of drug-likeness (QED) is 0.480. The lowest BCUT2D eigenvalue weighted by molar-refractivity contribution is -0.0173. The number of amides is 1. The number of aryl methyl sites for hydroxylation is 1. The molecule has 0 radical (unpaired) electrons. The zero-order valence-electron chi connectivity index (χ0n) is 21.5. The summed E-state index contributed by atoms with van der Waals surface area (Å²) in [4.78, 5) is 18.8. The lowest BCUT2D eigenvalue weighted by Gasteiger charge is -2.48. The van der Waals surface area contributed by atoms with Gasteiger partial charge in [0.05, 0.1) is 25.9 Å². The monoisotopic (exact) mass is 525 g/mol. The van der Waals surface area contributed by atoms with Gasteiger partial charge in [0, 0.05) is 43.0 Å². The number of carbonyl (C=O) groups is 1. The molecule has 2 aromatic carbocycles. The van der Waals surface area contributed by atoms with Crippen molar-refractivity contribution in [2.24, 2.45) is 0 Å². The van der Waals surface area contributed by atoms with E-state index in [1.54, 1.807) is 6.07 Å². The van der Waals surface area contributed by atoms with Crippen LogP contribution in [0.15, 0.2) is 48.7 Å². The molecule has 0 aliphatic carbocycles. The number of benzene rings is 2. The van der Waals surface area contributed by atoms with Gasteiger partial charge in [-0.3, -0.25) is 9.78 Å². The number of hydrogen-bond donors (Lipinski definition) is 2. The summed E-state index contributed by atoms with van der Waals surface area (Å²) in [6.07, 6.45) is 1.31. The average Bonchev–Trinajstić information content (AvgIpc) is 2.89. The van der Waals surface area contributed by atoms with Gasteiger partial charge in [0.15, 0.2) is 5.67 Å². The number of hydrogen-bond acceptors (Lipinski definition) is 5. The van der Waals surface area contributed by atoms with Crippen LogP contribution in [0.25, 0.3) is 11.1 Å². The Kier molecular flexibility index (Phi) is 6.69. The third-order valence-corrected chi connectivity index (χ3v) is 7.54. The number of aromatic nitrogens is 1. The minimum Gasteiger partial charge on any atom is -0.393 e. The van der Waals surface area contributed by atoms with Crippen molar-refractivity contribution in [2.75, 3.05) is 36.6 Å². The molecule has 2 N–H and O–H groups in total. The second kappa shape index (κ2) is 9.71. The Balaban J connectivity index is 1.46. The number of anilines is 2. The molecule has 6 nitrogen and oxygen atoms in total. The normalized spacial score (nSPS) is 21.0. The fraction of sp³-hybridized carbons (Fsp3) is 0.379. The maximum atomic E-state index is 15.6. The standard InChI is InChI=1S/C29H30F3N3O3/c1-17-4-7-21(34-27(37)22-8-9-33-26(18(22)2)28(3,30)31)13-23(17)19-5-6-20-14-29(32,16-36)25-15-38-11-10-35(25)24(20)12-19/h4-9,12-13,25,36H,10-11,14-16H2,1-3H3,(H,34,37)/t25-,29+/m0/s1. The number of aliphatic hydroxyl groups excluding tert-OH is 1. The van der Waals surface area contributed by atoms with Gasteiger partial charge in [-0.05, 0) is 65.9 Å². The topological polar surface area (TPSA) is 74.7 Å². The van der Waals surface area contributed by atoms with E-state index in [0.717, 1.165) is 34.9 Å². The molecule has 3 aromatic rings. The fourth-order valence-corrected chi connectivity index (χ4v) is 5.50. The van der Waals surface area contributed by atoms with Gasteiger partial charge < -0.3 is 20.1 Å². The molecule has 1 aromatic heterocycles. The Labute approximate surface area is 219 Å². The van der Waals surface area contributed by atoms with E-state index >= 15 is 4.39 Å². The van der Waals surface area contributed by atoms with Crippen LogP contribution in [0.4, 0.5) is 24.5 Å². The van der Waals surface area contributed by atoms with E-state index in [4.69, 9.17) is 4.74 Å². The van der Waals surface area contributed by atoms with Crippen molar-refractivity contribution >= 4 is 17.3 Å². The molecule has 2 aliphatic rings. The Morgan fingerprint density at radius 2 is 2.03 bits per heavy atom. The summed E-state index contributed by atoms with van der Waals surface area (Å²) in [5.41, 5.74) is 3.05. The minimum absolute atomic E-state index is 0.1000. The highest BCUT2D eigenvalue weighted by Crippen LogP contribution is 2.42. The SMILES string of the molecule is Cc1ccc(NC(=O)c2ccnc(C(C)(F)F)c2C)cc1-c1ccc2c(c1)N1CCOC[C@H]1[C@](F)(CO)C2. The highest BCUT2D eigenvalue weighted by molar-refractivity contribution is 6.05. The van der Waals surface area contributed by atoms with Crippen LogP contribution in [0.5, 0.6) is 0 Å². The summed E-state index contributed by atoms with van der Waals surface area (Å²) in [6, 6.07) is 12.2. The van der Waals surface area contributed by atoms with Crippen molar-refractivity contribution in [1.29, 1.82) is 0 Å². The fourth-order valence-electron chi connectivity index (χ4n) is 5.50. The van der Waals surface area contributed by atoms with E-state index in [2.05, 4.69) is 10.3 Å². The van der Waals surface area contributed by atoms with E-state index in [-0.39, 0.29) is 24.2 Å². The first kappa shape index (κ1) is 26.2. The summed E-state index contributed by atoms with van der Waals surface area (Å²) in [5, 5.41) is 12.6. The Hall–Kier alpha value is -3.43. The number of halogens is 3. The van der Waals surface area contributed by atoms with Gasteiger partial charge >= 0.3 is 0 Å². The number of carbonyl (C=O) groups excluding carboxylic acids is 1. The Morgan fingerprint density at radius 1 is 1.24 bits per heavy atom. The van der Waals surface area contributed by atoms with Gasteiger partial charge in [0.2, 0.25) is 0 Å². The third-order valence-electron chi connectivity index (χ3n) is 7.54. The molecule has 1 saturated heterocycles. The predicted octanol–water partition coefficient (Wildman–Crippen LogP) is 5.19. The summed E-state index contributed by atoms with van der Waals surface area (Å²) in [6.45, 7) is 4.80. The number of aliphatic hydroxyl groups is 1. The third kappa shape index (κ3) is 4.65. The van der Waals surface area contributed by atoms with Crippen molar-refractivity contribution in [1.82, 2.24) is 4.98 Å². The van der Waals surface area contributed by atoms with Gasteiger partial charge in [-0.25, -0.2) is 4.39 Å². The van der Waals surface area contributed by atoms with Crippen LogP contribution in [0, 0.1) is 13.8 Å². The number of fused-ring (bicyclic) bond motifs is 3. The van der Waals surface area contributed by atoms with Gasteiger partial charge in [0.25, 0.3) is 11.8 Å². The van der Waals surface area contributed by atoms with E-state index in [1.165, 1.54) is 19.2 Å². The highest BCUT2D eigenvalue weighted by atomic mass is 19.3. The highest BCUT2D eigenvalue weighted by Gasteiger charge is 2.48. The van der Waals surface area contributed by atoms with Crippen LogP contribution in [0.2, 0.25) is 0 Å². The molecule has 200 valence electrons. The van der Waals surface area contributed by atoms with Crippen molar-refractivity contribution in [2.45, 2.75) is 44.8 Å². The lowest BCUT2D eigenvalue weighted by Crippen LogP contribution is -2.62. The van der Waals surface area contributed by atoms with Crippen LogP contribution in [-0.4, -0.2) is 54.1 Å². The number of pyridine rings is 1. The molecule has 9 heteroatoms. The van der Waals surface area contributed by atoms with E-state index in [1.807, 2.05) is 42.2 Å². The van der Waals surface area contributed by atoms with Crippen molar-refractivity contribution in [3.05, 3.63) is 76.6 Å². The average molecular weight is 526 g/mol. The number of nitrogens with one attached hydrogen (secondary N) is 1. The molecule has 0 saturated carbocycles. The maximum Gasteiger partial charge on any atom is 0.287 e. The molecule has 1 fully saturated rings. The van der Waals surface area contributed by atoms with Gasteiger partial charge in [0.1, 0.15) is 5.69 Å². The number of ether oxygens (including phenoxy) is 1. The number of morpholine rings is 1. The molecule has 0 unspecified atom stereocenters. The largest absolute Gasteiger partial charge is 0.393 e. The summed E-state index contributed by atoms with van der Waals surface area (Å²) >= 11 is 0. The zero-order chi connectivity index (χ0) is 27.2. The first-order valence-corrected chi connectivity index (χ1v) is 12.6. The molecule has 0 spiro atoms. The second-order valence-electron chi connectivity index (χ2n) is 10.2. The van der Waals surface area contributed by atoms with Crippen LogP contribution in [-0.2, 0) is 17.1 Å². The molecule has 38 heavy (non-hydrogen) atoms. The molecule has 2 aliphatic heterocycles. The summed E-state index contributed by atoms with van der Waals surface area (Å²) in [7, 11) is 0. The van der Waals surface area contributed by atoms with Gasteiger partial charge in [-0.1, -0.05) is 18.2 Å². The lowest BCUT2D eigenvalue weighted by atomic mass is 9.82. The molecule has 5 rings (SSSR count). The Bertz CT molecular complexity index is 1390. The van der Waals surface area contributed by atoms with E-state index in [0.29, 0.717) is 18.8 Å². The van der Waals surface area contributed by atoms with Crippen LogP contribution in [0.1, 0.15) is 39.7 Å².